The fraction of sp³-hybridized carbons (Fsp3) is 0.400. The molecule has 2 aliphatic rings. The van der Waals surface area contributed by atoms with E-state index in [0.717, 1.165) is 34.4 Å². The molecule has 0 bridgehead atoms. The number of rotatable bonds is 5. The number of halogens is 5. The number of alkyl halides is 3. The number of thiophene rings is 1. The van der Waals surface area contributed by atoms with E-state index in [1.165, 1.54) is 29.5 Å². The first-order chi connectivity index (χ1) is 18.1. The number of esters is 1. The zero-order valence-electron chi connectivity index (χ0n) is 20.1. The summed E-state index contributed by atoms with van der Waals surface area (Å²) in [6, 6.07) is 3.21. The van der Waals surface area contributed by atoms with Crippen molar-refractivity contribution in [3.05, 3.63) is 61.6 Å². The van der Waals surface area contributed by atoms with Gasteiger partial charge in [0.05, 0.1) is 28.3 Å². The molecule has 3 aromatic rings. The van der Waals surface area contributed by atoms with E-state index in [0.29, 0.717) is 27.6 Å². The van der Waals surface area contributed by atoms with E-state index < -0.39 is 30.1 Å². The molecule has 0 fully saturated rings. The molecule has 0 spiro atoms. The van der Waals surface area contributed by atoms with Crippen LogP contribution in [-0.4, -0.2) is 34.4 Å². The quantitative estimate of drug-likeness (QED) is 0.308. The van der Waals surface area contributed by atoms with Crippen molar-refractivity contribution in [3.8, 4) is 0 Å². The molecule has 0 saturated heterocycles. The summed E-state index contributed by atoms with van der Waals surface area (Å²) in [5.74, 6) is -1.21. The van der Waals surface area contributed by atoms with Crippen LogP contribution in [0.2, 0.25) is 10.0 Å². The largest absolute Gasteiger partial charge is 0.462 e. The molecular formula is C25H23Cl2F3N4O3S. The first-order valence-electron chi connectivity index (χ1n) is 12.1. The van der Waals surface area contributed by atoms with Crippen molar-refractivity contribution < 1.29 is 27.5 Å². The summed E-state index contributed by atoms with van der Waals surface area (Å²) in [6.07, 6.45) is -1.60. The average molecular weight is 587 g/mol. The average Bonchev–Trinajstić information content (AvgIpc) is 3.46. The second-order valence-corrected chi connectivity index (χ2v) is 11.0. The van der Waals surface area contributed by atoms with Gasteiger partial charge < -0.3 is 15.4 Å². The third kappa shape index (κ3) is 5.11. The maximum absolute atomic E-state index is 14.1. The van der Waals surface area contributed by atoms with Crippen molar-refractivity contribution in [2.45, 2.75) is 57.3 Å². The van der Waals surface area contributed by atoms with Gasteiger partial charge >= 0.3 is 12.1 Å². The fourth-order valence-electron chi connectivity index (χ4n) is 4.87. The van der Waals surface area contributed by atoms with Gasteiger partial charge in [-0.05, 0) is 55.9 Å². The van der Waals surface area contributed by atoms with Crippen LogP contribution in [0.25, 0.3) is 0 Å². The van der Waals surface area contributed by atoms with E-state index in [1.807, 2.05) is 0 Å². The number of carbonyl (C=O) groups excluding carboxylic acids is 2. The molecule has 0 unspecified atom stereocenters. The molecule has 1 aromatic carbocycles. The summed E-state index contributed by atoms with van der Waals surface area (Å²) in [7, 11) is 0. The minimum Gasteiger partial charge on any atom is -0.462 e. The van der Waals surface area contributed by atoms with Gasteiger partial charge in [-0.1, -0.05) is 29.3 Å². The summed E-state index contributed by atoms with van der Waals surface area (Å²) in [4.78, 5) is 26.9. The van der Waals surface area contributed by atoms with Crippen LogP contribution in [0.4, 0.5) is 24.0 Å². The van der Waals surface area contributed by atoms with Crippen LogP contribution < -0.4 is 10.6 Å². The lowest BCUT2D eigenvalue weighted by atomic mass is 9.95. The van der Waals surface area contributed by atoms with Crippen LogP contribution in [0.3, 0.4) is 0 Å². The van der Waals surface area contributed by atoms with Crippen molar-refractivity contribution >= 4 is 57.2 Å². The van der Waals surface area contributed by atoms with Crippen LogP contribution in [0.1, 0.15) is 75.1 Å². The Bertz CT molecular complexity index is 1410. The molecule has 7 nitrogen and oxygen atoms in total. The zero-order valence-corrected chi connectivity index (χ0v) is 22.5. The van der Waals surface area contributed by atoms with Crippen LogP contribution in [-0.2, 0) is 17.6 Å². The number of nitrogens with one attached hydrogen (secondary N) is 2. The molecule has 1 aliphatic carbocycles. The molecule has 5 rings (SSSR count). The minimum absolute atomic E-state index is 0.0379. The Hall–Kier alpha value is -2.76. The van der Waals surface area contributed by atoms with Crippen molar-refractivity contribution in [3.63, 3.8) is 0 Å². The number of aromatic nitrogens is 2. The summed E-state index contributed by atoms with van der Waals surface area (Å²) in [6.45, 7) is 1.87. The van der Waals surface area contributed by atoms with E-state index in [4.69, 9.17) is 27.9 Å². The smallest absolute Gasteiger partial charge is 0.410 e. The standard InChI is InChI=1S/C25H23Cl2F3N4O3S/c1-2-37-24(36)21-13-5-3-4-6-18(13)38-23(21)32-22(35)17-11-20-31-16(12-7-8-14(26)15(27)9-12)10-19(25(28,29)30)34(20)33-17/h7-9,11,16,19,31H,2-6,10H2,1H3,(H,32,35)/t16-,19-/m1/s1. The summed E-state index contributed by atoms with van der Waals surface area (Å²) < 4.78 is 48.2. The fourth-order valence-corrected chi connectivity index (χ4v) is 6.45. The highest BCUT2D eigenvalue weighted by Gasteiger charge is 2.47. The lowest BCUT2D eigenvalue weighted by Gasteiger charge is -2.33. The number of benzene rings is 1. The topological polar surface area (TPSA) is 85.2 Å². The van der Waals surface area contributed by atoms with Crippen molar-refractivity contribution in [1.82, 2.24) is 9.78 Å². The zero-order chi connectivity index (χ0) is 27.2. The Morgan fingerprint density at radius 2 is 1.97 bits per heavy atom. The Balaban J connectivity index is 1.46. The van der Waals surface area contributed by atoms with E-state index in [9.17, 15) is 22.8 Å². The van der Waals surface area contributed by atoms with E-state index in [2.05, 4.69) is 15.7 Å². The minimum atomic E-state index is -4.62. The van der Waals surface area contributed by atoms with Gasteiger partial charge in [-0.15, -0.1) is 11.3 Å². The van der Waals surface area contributed by atoms with Gasteiger partial charge in [0, 0.05) is 17.4 Å². The number of amides is 1. The van der Waals surface area contributed by atoms with Crippen LogP contribution in [0.5, 0.6) is 0 Å². The number of carbonyl (C=O) groups is 2. The summed E-state index contributed by atoms with van der Waals surface area (Å²) >= 11 is 13.4. The summed E-state index contributed by atoms with van der Waals surface area (Å²) in [5, 5.41) is 10.6. The second kappa shape index (κ2) is 10.4. The summed E-state index contributed by atoms with van der Waals surface area (Å²) in [5.41, 5.74) is 1.49. The molecule has 2 N–H and O–H groups in total. The lowest BCUT2D eigenvalue weighted by Crippen LogP contribution is -2.35. The van der Waals surface area contributed by atoms with Crippen LogP contribution in [0.15, 0.2) is 24.3 Å². The molecule has 0 radical (unpaired) electrons. The highest BCUT2D eigenvalue weighted by atomic mass is 35.5. The van der Waals surface area contributed by atoms with Gasteiger partial charge in [-0.3, -0.25) is 4.79 Å². The number of hydrogen-bond donors (Lipinski definition) is 2. The molecule has 0 saturated carbocycles. The van der Waals surface area contributed by atoms with Crippen molar-refractivity contribution in [1.29, 1.82) is 0 Å². The number of ether oxygens (including phenoxy) is 1. The molecule has 1 aliphatic heterocycles. The number of hydrogen-bond acceptors (Lipinski definition) is 6. The van der Waals surface area contributed by atoms with Crippen molar-refractivity contribution in [2.75, 3.05) is 17.2 Å². The number of fused-ring (bicyclic) bond motifs is 2. The first-order valence-corrected chi connectivity index (χ1v) is 13.6. The Kier molecular flexibility index (Phi) is 7.36. The van der Waals surface area contributed by atoms with E-state index in [-0.39, 0.29) is 29.6 Å². The Morgan fingerprint density at radius 1 is 1.21 bits per heavy atom. The highest BCUT2D eigenvalue weighted by Crippen LogP contribution is 2.44. The lowest BCUT2D eigenvalue weighted by molar-refractivity contribution is -0.173. The normalized spacial score (nSPS) is 18.8. The number of anilines is 2. The van der Waals surface area contributed by atoms with Crippen molar-refractivity contribution in [2.24, 2.45) is 0 Å². The van der Waals surface area contributed by atoms with Gasteiger partial charge in [0.15, 0.2) is 11.7 Å². The molecule has 3 heterocycles. The monoisotopic (exact) mass is 586 g/mol. The maximum Gasteiger partial charge on any atom is 0.410 e. The van der Waals surface area contributed by atoms with E-state index in [1.54, 1.807) is 13.0 Å². The number of nitrogens with zero attached hydrogens (tertiary/aromatic N) is 2. The van der Waals surface area contributed by atoms with Gasteiger partial charge in [0.1, 0.15) is 10.8 Å². The third-order valence-electron chi connectivity index (χ3n) is 6.65. The SMILES string of the molecule is CCOC(=O)c1c(NC(=O)c2cc3n(n2)[C@@H](C(F)(F)F)C[C@H](c2ccc(Cl)c(Cl)c2)N3)sc2c1CCCC2. The molecular weight excluding hydrogens is 564 g/mol. The van der Waals surface area contributed by atoms with Gasteiger partial charge in [-0.2, -0.15) is 18.3 Å². The Morgan fingerprint density at radius 3 is 2.68 bits per heavy atom. The van der Waals surface area contributed by atoms with Gasteiger partial charge in [0.2, 0.25) is 0 Å². The maximum atomic E-state index is 14.1. The number of aryl methyl sites for hydroxylation is 1. The van der Waals surface area contributed by atoms with Crippen LogP contribution in [0, 0.1) is 0 Å². The predicted molar refractivity (Wildman–Crippen MR) is 140 cm³/mol. The second-order valence-electron chi connectivity index (χ2n) is 9.11. The molecule has 38 heavy (non-hydrogen) atoms. The molecule has 2 atom stereocenters. The Labute approximate surface area is 230 Å². The molecule has 2 aromatic heterocycles. The first kappa shape index (κ1) is 26.8. The molecule has 1 amide bonds. The highest BCUT2D eigenvalue weighted by molar-refractivity contribution is 7.17. The molecule has 13 heteroatoms. The molecule has 202 valence electrons. The van der Waals surface area contributed by atoms with Gasteiger partial charge in [-0.25, -0.2) is 9.48 Å². The predicted octanol–water partition coefficient (Wildman–Crippen LogP) is 7.22. The third-order valence-corrected chi connectivity index (χ3v) is 8.59. The van der Waals surface area contributed by atoms with Crippen LogP contribution >= 0.6 is 34.5 Å². The van der Waals surface area contributed by atoms with Gasteiger partial charge in [0.25, 0.3) is 5.91 Å². The van der Waals surface area contributed by atoms with E-state index >= 15 is 0 Å².